The van der Waals surface area contributed by atoms with Crippen molar-refractivity contribution < 1.29 is 0 Å². The van der Waals surface area contributed by atoms with Crippen molar-refractivity contribution in [1.82, 2.24) is 15.1 Å². The highest BCUT2D eigenvalue weighted by atomic mass is 15.3. The van der Waals surface area contributed by atoms with Gasteiger partial charge in [-0.25, -0.2) is 0 Å². The minimum Gasteiger partial charge on any atom is -0.309 e. The van der Waals surface area contributed by atoms with E-state index in [0.717, 1.165) is 13.0 Å². The molecule has 0 bridgehead atoms. The van der Waals surface area contributed by atoms with Crippen LogP contribution in [0, 0.1) is 0 Å². The molecule has 3 heteroatoms. The number of rotatable bonds is 5. The summed E-state index contributed by atoms with van der Waals surface area (Å²) in [6.45, 7) is 5.21. The van der Waals surface area contributed by atoms with E-state index < -0.39 is 0 Å². The van der Waals surface area contributed by atoms with Crippen LogP contribution in [0.15, 0.2) is 36.7 Å². The number of aromatic nitrogens is 2. The van der Waals surface area contributed by atoms with Crippen LogP contribution in [0.3, 0.4) is 0 Å². The molecule has 0 saturated heterocycles. The van der Waals surface area contributed by atoms with Crippen LogP contribution < -0.4 is 5.32 Å². The van der Waals surface area contributed by atoms with E-state index in [1.54, 1.807) is 0 Å². The molecule has 2 aromatic rings. The number of aryl methyl sites for hydroxylation is 2. The molecule has 0 saturated carbocycles. The molecule has 1 N–H and O–H groups in total. The first-order chi connectivity index (χ1) is 8.80. The molecule has 1 unspecified atom stereocenters. The summed E-state index contributed by atoms with van der Waals surface area (Å²) in [6, 6.07) is 8.82. The molecule has 0 amide bonds. The molecule has 1 aromatic heterocycles. The fraction of sp³-hybridized carbons (Fsp3) is 0.400. The summed E-state index contributed by atoms with van der Waals surface area (Å²) >= 11 is 0. The minimum atomic E-state index is 0.224. The Hall–Kier alpha value is -1.61. The summed E-state index contributed by atoms with van der Waals surface area (Å²) in [6.07, 6.45) is 5.13. The van der Waals surface area contributed by atoms with Crippen molar-refractivity contribution >= 4 is 0 Å². The Kier molecular flexibility index (Phi) is 4.15. The molecule has 1 heterocycles. The third kappa shape index (κ3) is 2.46. The Bertz CT molecular complexity index is 502. The van der Waals surface area contributed by atoms with Crippen molar-refractivity contribution in [2.75, 3.05) is 7.05 Å². The molecule has 18 heavy (non-hydrogen) atoms. The van der Waals surface area contributed by atoms with E-state index in [0.29, 0.717) is 0 Å². The van der Waals surface area contributed by atoms with Crippen molar-refractivity contribution in [3.8, 4) is 0 Å². The van der Waals surface area contributed by atoms with Crippen LogP contribution in [-0.4, -0.2) is 16.8 Å². The second kappa shape index (κ2) is 5.83. The number of nitrogens with zero attached hydrogens (tertiary/aromatic N) is 2. The van der Waals surface area contributed by atoms with Crippen molar-refractivity contribution in [3.63, 3.8) is 0 Å². The molecule has 0 aliphatic heterocycles. The molecule has 0 radical (unpaired) electrons. The lowest BCUT2D eigenvalue weighted by molar-refractivity contribution is 0.652. The molecule has 0 aliphatic carbocycles. The van der Waals surface area contributed by atoms with Gasteiger partial charge < -0.3 is 5.32 Å². The number of hydrogen-bond donors (Lipinski definition) is 1. The fourth-order valence-electron chi connectivity index (χ4n) is 2.34. The van der Waals surface area contributed by atoms with Gasteiger partial charge in [0.2, 0.25) is 0 Å². The summed E-state index contributed by atoms with van der Waals surface area (Å²) in [4.78, 5) is 0. The van der Waals surface area contributed by atoms with Crippen LogP contribution in [0.5, 0.6) is 0 Å². The normalized spacial score (nSPS) is 12.6. The van der Waals surface area contributed by atoms with Crippen LogP contribution in [0.25, 0.3) is 0 Å². The smallest absolute Gasteiger partial charge is 0.0608 e. The number of nitrogens with one attached hydrogen (secondary N) is 1. The Labute approximate surface area is 109 Å². The van der Waals surface area contributed by atoms with E-state index in [1.165, 1.54) is 16.7 Å². The van der Waals surface area contributed by atoms with Gasteiger partial charge in [0.25, 0.3) is 0 Å². The predicted octanol–water partition coefficient (Wildman–Crippen LogP) is 2.77. The number of benzene rings is 1. The highest BCUT2D eigenvalue weighted by Crippen LogP contribution is 2.24. The van der Waals surface area contributed by atoms with Gasteiger partial charge in [-0.15, -0.1) is 0 Å². The molecular formula is C15H21N3. The van der Waals surface area contributed by atoms with E-state index in [1.807, 2.05) is 17.9 Å². The maximum Gasteiger partial charge on any atom is 0.0608 e. The van der Waals surface area contributed by atoms with Crippen LogP contribution in [-0.2, 0) is 13.0 Å². The zero-order chi connectivity index (χ0) is 13.0. The van der Waals surface area contributed by atoms with Gasteiger partial charge in [-0.05, 0) is 31.5 Å². The Morgan fingerprint density at radius 1 is 1.28 bits per heavy atom. The molecule has 1 aromatic carbocycles. The van der Waals surface area contributed by atoms with Gasteiger partial charge in [-0.1, -0.05) is 31.2 Å². The first-order valence-electron chi connectivity index (χ1n) is 6.57. The van der Waals surface area contributed by atoms with E-state index in [9.17, 15) is 0 Å². The molecule has 0 aliphatic rings. The van der Waals surface area contributed by atoms with E-state index in [-0.39, 0.29) is 6.04 Å². The molecule has 1 atom stereocenters. The van der Waals surface area contributed by atoms with Gasteiger partial charge in [-0.3, -0.25) is 4.68 Å². The zero-order valence-corrected chi connectivity index (χ0v) is 11.4. The Morgan fingerprint density at radius 2 is 2.06 bits per heavy atom. The first-order valence-corrected chi connectivity index (χ1v) is 6.57. The predicted molar refractivity (Wildman–Crippen MR) is 74.6 cm³/mol. The largest absolute Gasteiger partial charge is 0.309 e. The van der Waals surface area contributed by atoms with Crippen molar-refractivity contribution in [2.45, 2.75) is 32.9 Å². The third-order valence-electron chi connectivity index (χ3n) is 3.35. The summed E-state index contributed by atoms with van der Waals surface area (Å²) in [7, 11) is 2.00. The SMILES string of the molecule is CCc1ccccc1C(NC)c1cnn(CC)c1. The highest BCUT2D eigenvalue weighted by Gasteiger charge is 2.16. The third-order valence-corrected chi connectivity index (χ3v) is 3.35. The van der Waals surface area contributed by atoms with E-state index >= 15 is 0 Å². The quantitative estimate of drug-likeness (QED) is 0.875. The fourth-order valence-corrected chi connectivity index (χ4v) is 2.34. The molecular weight excluding hydrogens is 222 g/mol. The lowest BCUT2D eigenvalue weighted by Crippen LogP contribution is -2.18. The van der Waals surface area contributed by atoms with Crippen molar-refractivity contribution in [1.29, 1.82) is 0 Å². The molecule has 0 fully saturated rings. The van der Waals surface area contributed by atoms with Crippen LogP contribution >= 0.6 is 0 Å². The molecule has 2 rings (SSSR count). The van der Waals surface area contributed by atoms with Gasteiger partial charge in [0.15, 0.2) is 0 Å². The topological polar surface area (TPSA) is 29.9 Å². The summed E-state index contributed by atoms with van der Waals surface area (Å²) in [5.41, 5.74) is 3.96. The minimum absolute atomic E-state index is 0.224. The maximum absolute atomic E-state index is 4.36. The maximum atomic E-state index is 4.36. The van der Waals surface area contributed by atoms with E-state index in [4.69, 9.17) is 0 Å². The second-order valence-corrected chi connectivity index (χ2v) is 4.40. The number of hydrogen-bond acceptors (Lipinski definition) is 2. The van der Waals surface area contributed by atoms with Crippen molar-refractivity contribution in [2.24, 2.45) is 0 Å². The van der Waals surface area contributed by atoms with Gasteiger partial charge in [0.1, 0.15) is 0 Å². The lowest BCUT2D eigenvalue weighted by Gasteiger charge is -2.18. The van der Waals surface area contributed by atoms with Gasteiger partial charge in [0.05, 0.1) is 12.2 Å². The molecule has 3 nitrogen and oxygen atoms in total. The summed E-state index contributed by atoms with van der Waals surface area (Å²) < 4.78 is 1.97. The first kappa shape index (κ1) is 12.8. The van der Waals surface area contributed by atoms with Gasteiger partial charge in [-0.2, -0.15) is 5.10 Å². The van der Waals surface area contributed by atoms with Gasteiger partial charge in [0, 0.05) is 18.3 Å². The van der Waals surface area contributed by atoms with Crippen LogP contribution in [0.4, 0.5) is 0 Å². The Morgan fingerprint density at radius 3 is 2.67 bits per heavy atom. The Balaban J connectivity index is 2.38. The zero-order valence-electron chi connectivity index (χ0n) is 11.4. The highest BCUT2D eigenvalue weighted by molar-refractivity contribution is 5.36. The van der Waals surface area contributed by atoms with Crippen LogP contribution in [0.1, 0.15) is 36.6 Å². The molecule has 96 valence electrons. The monoisotopic (exact) mass is 243 g/mol. The average Bonchev–Trinajstić information content (AvgIpc) is 2.89. The van der Waals surface area contributed by atoms with E-state index in [2.05, 4.69) is 54.7 Å². The standard InChI is InChI=1S/C15H21N3/c1-4-12-8-6-7-9-14(12)15(16-3)13-10-17-18(5-2)11-13/h6-11,15-16H,4-5H2,1-3H3. The molecule has 0 spiro atoms. The lowest BCUT2D eigenvalue weighted by atomic mass is 9.95. The van der Waals surface area contributed by atoms with Gasteiger partial charge >= 0.3 is 0 Å². The summed E-state index contributed by atoms with van der Waals surface area (Å²) in [5.74, 6) is 0. The summed E-state index contributed by atoms with van der Waals surface area (Å²) in [5, 5.41) is 7.75. The second-order valence-electron chi connectivity index (χ2n) is 4.40. The van der Waals surface area contributed by atoms with Crippen molar-refractivity contribution in [3.05, 3.63) is 53.3 Å². The van der Waals surface area contributed by atoms with Crippen LogP contribution in [0.2, 0.25) is 0 Å². The average molecular weight is 243 g/mol.